The summed E-state index contributed by atoms with van der Waals surface area (Å²) in [6, 6.07) is 0.328. The molecule has 88 valence electrons. The molecule has 1 aliphatic rings. The molecule has 2 rings (SSSR count). The molecule has 1 aliphatic heterocycles. The van der Waals surface area contributed by atoms with Crippen LogP contribution in [0.25, 0.3) is 0 Å². The number of nitrogens with zero attached hydrogens (tertiary/aromatic N) is 2. The molecule has 1 saturated heterocycles. The first-order chi connectivity index (χ1) is 7.65. The van der Waals surface area contributed by atoms with Gasteiger partial charge in [0.2, 0.25) is 0 Å². The summed E-state index contributed by atoms with van der Waals surface area (Å²) in [6.45, 7) is 4.97. The third kappa shape index (κ3) is 2.02. The van der Waals surface area contributed by atoms with Gasteiger partial charge in [-0.2, -0.15) is 0 Å². The SMILES string of the molecule is Cc1ncsc1C(=O)N1CCC(C)C1CBr. The van der Waals surface area contributed by atoms with Gasteiger partial charge < -0.3 is 4.90 Å². The number of hydrogen-bond acceptors (Lipinski definition) is 3. The van der Waals surface area contributed by atoms with Crippen LogP contribution in [-0.2, 0) is 0 Å². The standard InChI is InChI=1S/C11H15BrN2OS/c1-7-3-4-14(9(7)5-12)11(15)10-8(2)13-6-16-10/h6-7,9H,3-5H2,1-2H3. The van der Waals surface area contributed by atoms with Gasteiger partial charge in [-0.1, -0.05) is 22.9 Å². The molecular weight excluding hydrogens is 288 g/mol. The van der Waals surface area contributed by atoms with E-state index in [4.69, 9.17) is 0 Å². The van der Waals surface area contributed by atoms with E-state index >= 15 is 0 Å². The Kier molecular flexibility index (Phi) is 3.64. The van der Waals surface area contributed by atoms with Gasteiger partial charge in [0.15, 0.2) is 0 Å². The Labute approximate surface area is 108 Å². The van der Waals surface area contributed by atoms with Crippen molar-refractivity contribution in [2.24, 2.45) is 5.92 Å². The number of rotatable bonds is 2. The fourth-order valence-corrected chi connectivity index (χ4v) is 3.88. The smallest absolute Gasteiger partial charge is 0.266 e. The largest absolute Gasteiger partial charge is 0.334 e. The number of aromatic nitrogens is 1. The maximum absolute atomic E-state index is 12.3. The average Bonchev–Trinajstić information content (AvgIpc) is 2.83. The van der Waals surface area contributed by atoms with E-state index in [9.17, 15) is 4.79 Å². The van der Waals surface area contributed by atoms with Crippen LogP contribution in [0, 0.1) is 12.8 Å². The Morgan fingerprint density at radius 1 is 1.75 bits per heavy atom. The van der Waals surface area contributed by atoms with Crippen LogP contribution in [0.1, 0.15) is 28.7 Å². The highest BCUT2D eigenvalue weighted by molar-refractivity contribution is 9.09. The van der Waals surface area contributed by atoms with E-state index in [0.29, 0.717) is 12.0 Å². The zero-order valence-corrected chi connectivity index (χ0v) is 11.8. The van der Waals surface area contributed by atoms with Crippen molar-refractivity contribution >= 4 is 33.2 Å². The summed E-state index contributed by atoms with van der Waals surface area (Å²) in [5, 5.41) is 0.859. The van der Waals surface area contributed by atoms with Crippen molar-refractivity contribution in [3.63, 3.8) is 0 Å². The summed E-state index contributed by atoms with van der Waals surface area (Å²) in [6.07, 6.45) is 1.10. The van der Waals surface area contributed by atoms with Crippen molar-refractivity contribution in [2.75, 3.05) is 11.9 Å². The summed E-state index contributed by atoms with van der Waals surface area (Å²) in [7, 11) is 0. The average molecular weight is 303 g/mol. The second-order valence-corrected chi connectivity index (χ2v) is 5.76. The van der Waals surface area contributed by atoms with Crippen molar-refractivity contribution < 1.29 is 4.79 Å². The van der Waals surface area contributed by atoms with Gasteiger partial charge in [0.1, 0.15) is 4.88 Å². The van der Waals surface area contributed by atoms with Crippen LogP contribution in [0.15, 0.2) is 5.51 Å². The van der Waals surface area contributed by atoms with Crippen LogP contribution in [-0.4, -0.2) is 33.7 Å². The molecular formula is C11H15BrN2OS. The molecule has 1 aromatic heterocycles. The van der Waals surface area contributed by atoms with E-state index in [1.165, 1.54) is 11.3 Å². The number of carbonyl (C=O) groups excluding carboxylic acids is 1. The Balaban J connectivity index is 2.20. The van der Waals surface area contributed by atoms with Gasteiger partial charge in [0.05, 0.1) is 11.2 Å². The van der Waals surface area contributed by atoms with Crippen molar-refractivity contribution in [2.45, 2.75) is 26.3 Å². The number of carbonyl (C=O) groups is 1. The lowest BCUT2D eigenvalue weighted by Gasteiger charge is -2.24. The van der Waals surface area contributed by atoms with Crippen molar-refractivity contribution in [3.05, 3.63) is 16.1 Å². The molecule has 1 aromatic rings. The predicted molar refractivity (Wildman–Crippen MR) is 69.3 cm³/mol. The minimum atomic E-state index is 0.147. The van der Waals surface area contributed by atoms with E-state index in [0.717, 1.165) is 28.9 Å². The first-order valence-corrected chi connectivity index (χ1v) is 7.42. The number of halogens is 1. The molecule has 0 bridgehead atoms. The highest BCUT2D eigenvalue weighted by atomic mass is 79.9. The molecule has 1 amide bonds. The van der Waals surface area contributed by atoms with E-state index < -0.39 is 0 Å². The molecule has 3 nitrogen and oxygen atoms in total. The van der Waals surface area contributed by atoms with Gasteiger partial charge >= 0.3 is 0 Å². The second kappa shape index (κ2) is 4.84. The van der Waals surface area contributed by atoms with Crippen LogP contribution in [0.4, 0.5) is 0 Å². The summed E-state index contributed by atoms with van der Waals surface area (Å²) < 4.78 is 0. The molecule has 2 atom stereocenters. The molecule has 0 spiro atoms. The number of amides is 1. The summed E-state index contributed by atoms with van der Waals surface area (Å²) >= 11 is 4.94. The van der Waals surface area contributed by atoms with E-state index in [1.807, 2.05) is 11.8 Å². The molecule has 1 fully saturated rings. The number of hydrogen-bond donors (Lipinski definition) is 0. The fraction of sp³-hybridized carbons (Fsp3) is 0.636. The van der Waals surface area contributed by atoms with Gasteiger partial charge in [-0.05, 0) is 19.3 Å². The van der Waals surface area contributed by atoms with Gasteiger partial charge in [0, 0.05) is 17.9 Å². The Bertz CT molecular complexity index is 393. The molecule has 5 heteroatoms. The molecule has 0 saturated carbocycles. The predicted octanol–water partition coefficient (Wildman–Crippen LogP) is 2.70. The quantitative estimate of drug-likeness (QED) is 0.787. The maximum atomic E-state index is 12.3. The highest BCUT2D eigenvalue weighted by Gasteiger charge is 2.34. The van der Waals surface area contributed by atoms with Crippen LogP contribution in [0.3, 0.4) is 0 Å². The molecule has 0 radical (unpaired) electrons. The molecule has 2 unspecified atom stereocenters. The number of alkyl halides is 1. The Hall–Kier alpha value is -0.420. The summed E-state index contributed by atoms with van der Waals surface area (Å²) in [4.78, 5) is 19.2. The normalized spacial score (nSPS) is 25.1. The van der Waals surface area contributed by atoms with Crippen LogP contribution < -0.4 is 0 Å². The Morgan fingerprint density at radius 2 is 2.50 bits per heavy atom. The van der Waals surface area contributed by atoms with E-state index in [-0.39, 0.29) is 5.91 Å². The van der Waals surface area contributed by atoms with E-state index in [1.54, 1.807) is 5.51 Å². The van der Waals surface area contributed by atoms with Gasteiger partial charge in [-0.25, -0.2) is 4.98 Å². The highest BCUT2D eigenvalue weighted by Crippen LogP contribution is 2.28. The van der Waals surface area contributed by atoms with Crippen LogP contribution in [0.5, 0.6) is 0 Å². The van der Waals surface area contributed by atoms with Gasteiger partial charge in [0.25, 0.3) is 5.91 Å². The van der Waals surface area contributed by atoms with Gasteiger partial charge in [-0.3, -0.25) is 4.79 Å². The first-order valence-electron chi connectivity index (χ1n) is 5.42. The topological polar surface area (TPSA) is 33.2 Å². The zero-order valence-electron chi connectivity index (χ0n) is 9.44. The molecule has 2 heterocycles. The molecule has 0 aliphatic carbocycles. The minimum Gasteiger partial charge on any atom is -0.334 e. The third-order valence-corrected chi connectivity index (χ3v) is 4.82. The zero-order chi connectivity index (χ0) is 11.7. The second-order valence-electron chi connectivity index (χ2n) is 4.25. The number of aryl methyl sites for hydroxylation is 1. The van der Waals surface area contributed by atoms with Crippen molar-refractivity contribution in [3.8, 4) is 0 Å². The molecule has 16 heavy (non-hydrogen) atoms. The molecule has 0 N–H and O–H groups in total. The fourth-order valence-electron chi connectivity index (χ4n) is 2.13. The van der Waals surface area contributed by atoms with E-state index in [2.05, 4.69) is 27.8 Å². The Morgan fingerprint density at radius 3 is 3.06 bits per heavy atom. The van der Waals surface area contributed by atoms with Crippen molar-refractivity contribution in [1.29, 1.82) is 0 Å². The monoisotopic (exact) mass is 302 g/mol. The summed E-state index contributed by atoms with van der Waals surface area (Å²) in [5.74, 6) is 0.727. The number of likely N-dealkylation sites (tertiary alicyclic amines) is 1. The van der Waals surface area contributed by atoms with Crippen LogP contribution in [0.2, 0.25) is 0 Å². The lowest BCUT2D eigenvalue weighted by Crippen LogP contribution is -2.38. The third-order valence-electron chi connectivity index (χ3n) is 3.24. The number of thiazole rings is 1. The first kappa shape index (κ1) is 12.0. The summed E-state index contributed by atoms with van der Waals surface area (Å²) in [5.41, 5.74) is 2.59. The van der Waals surface area contributed by atoms with Gasteiger partial charge in [-0.15, -0.1) is 11.3 Å². The lowest BCUT2D eigenvalue weighted by molar-refractivity contribution is 0.0742. The van der Waals surface area contributed by atoms with Crippen molar-refractivity contribution in [1.82, 2.24) is 9.88 Å². The minimum absolute atomic E-state index is 0.147. The maximum Gasteiger partial charge on any atom is 0.266 e. The molecule has 0 aromatic carbocycles. The van der Waals surface area contributed by atoms with Crippen LogP contribution >= 0.6 is 27.3 Å². The lowest BCUT2D eigenvalue weighted by atomic mass is 10.1.